The van der Waals surface area contributed by atoms with Crippen molar-refractivity contribution in [3.63, 3.8) is 0 Å². The van der Waals surface area contributed by atoms with Crippen LogP contribution in [-0.4, -0.2) is 18.1 Å². The molecule has 6 heteroatoms. The van der Waals surface area contributed by atoms with Crippen molar-refractivity contribution in [3.05, 3.63) is 61.5 Å². The van der Waals surface area contributed by atoms with Crippen LogP contribution < -0.4 is 0 Å². The van der Waals surface area contributed by atoms with Crippen LogP contribution in [0.4, 0.5) is 0 Å². The van der Waals surface area contributed by atoms with Gasteiger partial charge in [0.05, 0.1) is 22.2 Å². The van der Waals surface area contributed by atoms with Crippen LogP contribution in [0.2, 0.25) is 0 Å². The molecule has 1 aromatic carbocycles. The van der Waals surface area contributed by atoms with E-state index in [2.05, 4.69) is 20.9 Å². The van der Waals surface area contributed by atoms with Gasteiger partial charge >= 0.3 is 5.97 Å². The van der Waals surface area contributed by atoms with Crippen LogP contribution in [0.15, 0.2) is 51.6 Å². The number of ether oxygens (including phenoxy) is 1. The highest BCUT2D eigenvalue weighted by atomic mass is 79.9. The molecule has 0 atom stereocenters. The van der Waals surface area contributed by atoms with E-state index < -0.39 is 0 Å². The Morgan fingerprint density at radius 2 is 2.00 bits per heavy atom. The van der Waals surface area contributed by atoms with Crippen molar-refractivity contribution in [2.24, 2.45) is 0 Å². The number of hydrogen-bond donors (Lipinski definition) is 0. The van der Waals surface area contributed by atoms with Gasteiger partial charge in [0.15, 0.2) is 0 Å². The molecule has 2 aromatic heterocycles. The van der Waals surface area contributed by atoms with E-state index in [9.17, 15) is 4.79 Å². The molecule has 0 aliphatic rings. The number of aromatic nitrogens is 1. The van der Waals surface area contributed by atoms with Gasteiger partial charge in [-0.25, -0.2) is 9.78 Å². The number of hydrogen-bond acceptors (Lipinski definition) is 5. The molecule has 0 spiro atoms. The fraction of sp³-hybridized carbons (Fsp3) is 0.0588. The van der Waals surface area contributed by atoms with Crippen molar-refractivity contribution < 1.29 is 9.53 Å². The van der Waals surface area contributed by atoms with Crippen LogP contribution in [-0.2, 0) is 9.53 Å². The van der Waals surface area contributed by atoms with Gasteiger partial charge < -0.3 is 4.74 Å². The molecule has 0 amide bonds. The lowest BCUT2D eigenvalue weighted by Crippen LogP contribution is -2.03. The maximum absolute atomic E-state index is 12.1. The van der Waals surface area contributed by atoms with Gasteiger partial charge in [0, 0.05) is 15.8 Å². The van der Waals surface area contributed by atoms with E-state index in [1.54, 1.807) is 11.3 Å². The van der Waals surface area contributed by atoms with Crippen LogP contribution >= 0.6 is 38.6 Å². The third-order valence-electron chi connectivity index (χ3n) is 3.09. The van der Waals surface area contributed by atoms with Gasteiger partial charge in [0.25, 0.3) is 0 Å². The molecule has 23 heavy (non-hydrogen) atoms. The van der Waals surface area contributed by atoms with E-state index in [0.29, 0.717) is 10.6 Å². The van der Waals surface area contributed by atoms with Crippen LogP contribution in [0, 0.1) is 0 Å². The minimum Gasteiger partial charge on any atom is -0.465 e. The monoisotopic (exact) mass is 405 g/mol. The second-order valence-corrected chi connectivity index (χ2v) is 7.95. The summed E-state index contributed by atoms with van der Waals surface area (Å²) in [6.07, 6.45) is 1.81. The molecular formula is C17H12BrNO2S2. The summed E-state index contributed by atoms with van der Waals surface area (Å²) in [5.74, 6) is -0.386. The van der Waals surface area contributed by atoms with E-state index >= 15 is 0 Å². The molecule has 0 N–H and O–H groups in total. The zero-order valence-electron chi connectivity index (χ0n) is 12.2. The second-order valence-electron chi connectivity index (χ2n) is 4.60. The summed E-state index contributed by atoms with van der Waals surface area (Å²) in [5.41, 5.74) is 2.35. The van der Waals surface area contributed by atoms with Crippen molar-refractivity contribution in [3.8, 4) is 11.3 Å². The highest BCUT2D eigenvalue weighted by Gasteiger charge is 2.17. The first-order valence-corrected chi connectivity index (χ1v) is 9.23. The van der Waals surface area contributed by atoms with Crippen molar-refractivity contribution in [1.29, 1.82) is 0 Å². The number of rotatable bonds is 4. The molecule has 0 fully saturated rings. The minimum atomic E-state index is -0.386. The Morgan fingerprint density at radius 1 is 1.22 bits per heavy atom. The second kappa shape index (κ2) is 7.21. The third-order valence-corrected chi connectivity index (χ3v) is 5.54. The molecule has 3 rings (SSSR count). The Morgan fingerprint density at radius 3 is 2.65 bits per heavy atom. The Hall–Kier alpha value is -1.76. The lowest BCUT2D eigenvalue weighted by molar-refractivity contribution is -0.133. The fourth-order valence-corrected chi connectivity index (χ4v) is 4.20. The highest BCUT2D eigenvalue weighted by Crippen LogP contribution is 2.30. The fourth-order valence-electron chi connectivity index (χ4n) is 2.00. The van der Waals surface area contributed by atoms with E-state index in [4.69, 9.17) is 4.74 Å². The van der Waals surface area contributed by atoms with Gasteiger partial charge in [0.2, 0.25) is 0 Å². The summed E-state index contributed by atoms with van der Waals surface area (Å²) in [6.45, 7) is 0. The number of halogens is 1. The van der Waals surface area contributed by atoms with E-state index in [1.807, 2.05) is 53.9 Å². The predicted molar refractivity (Wildman–Crippen MR) is 99.5 cm³/mol. The number of nitrogens with zero attached hydrogens (tertiary/aromatic N) is 1. The summed E-state index contributed by atoms with van der Waals surface area (Å²) in [5, 5.41) is 2.60. The number of benzene rings is 1. The zero-order chi connectivity index (χ0) is 16.2. The molecule has 116 valence electrons. The number of carbonyl (C=O) groups excluding carboxylic acids is 1. The standard InChI is InChI=1S/C17H12BrNO2S2/c1-21-17(20)13(9-12-7-8-15(18)23-12)16-19-14(10-22-16)11-5-3-2-4-6-11/h2-10H,1H3/b13-9-. The van der Waals surface area contributed by atoms with Crippen molar-refractivity contribution in [1.82, 2.24) is 4.98 Å². The number of thiophene rings is 1. The summed E-state index contributed by atoms with van der Waals surface area (Å²) in [4.78, 5) is 17.7. The summed E-state index contributed by atoms with van der Waals surface area (Å²) >= 11 is 6.41. The molecule has 2 heterocycles. The number of carbonyl (C=O) groups is 1. The Bertz CT molecular complexity index is 852. The quantitative estimate of drug-likeness (QED) is 0.433. The average molecular weight is 406 g/mol. The van der Waals surface area contributed by atoms with Crippen LogP contribution in [0.3, 0.4) is 0 Å². The summed E-state index contributed by atoms with van der Waals surface area (Å²) < 4.78 is 5.92. The Kier molecular flexibility index (Phi) is 5.05. The largest absolute Gasteiger partial charge is 0.465 e. The van der Waals surface area contributed by atoms with E-state index in [-0.39, 0.29) is 5.97 Å². The van der Waals surface area contributed by atoms with Crippen molar-refractivity contribution in [2.75, 3.05) is 7.11 Å². The lowest BCUT2D eigenvalue weighted by Gasteiger charge is -2.01. The van der Waals surface area contributed by atoms with Crippen LogP contribution in [0.5, 0.6) is 0 Å². The summed E-state index contributed by atoms with van der Waals surface area (Å²) in [6, 6.07) is 13.8. The maximum Gasteiger partial charge on any atom is 0.340 e. The van der Waals surface area contributed by atoms with Gasteiger partial charge in [-0.1, -0.05) is 30.3 Å². The van der Waals surface area contributed by atoms with Crippen molar-refractivity contribution >= 4 is 56.2 Å². The third kappa shape index (κ3) is 3.77. The molecule has 0 radical (unpaired) electrons. The molecule has 0 aliphatic carbocycles. The normalized spacial score (nSPS) is 11.5. The molecule has 0 saturated carbocycles. The van der Waals surface area contributed by atoms with E-state index in [1.165, 1.54) is 18.4 Å². The van der Waals surface area contributed by atoms with E-state index in [0.717, 1.165) is 19.9 Å². The van der Waals surface area contributed by atoms with Gasteiger partial charge in [-0.3, -0.25) is 0 Å². The first kappa shape index (κ1) is 16.1. The molecule has 0 saturated heterocycles. The molecular weight excluding hydrogens is 394 g/mol. The number of esters is 1. The smallest absolute Gasteiger partial charge is 0.340 e. The molecule has 3 nitrogen and oxygen atoms in total. The van der Waals surface area contributed by atoms with Gasteiger partial charge in [-0.15, -0.1) is 22.7 Å². The number of thiazole rings is 1. The topological polar surface area (TPSA) is 39.2 Å². The van der Waals surface area contributed by atoms with Gasteiger partial charge in [-0.05, 0) is 34.1 Å². The average Bonchev–Trinajstić information content (AvgIpc) is 3.22. The van der Waals surface area contributed by atoms with Gasteiger partial charge in [0.1, 0.15) is 5.01 Å². The predicted octanol–water partition coefficient (Wildman–Crippen LogP) is 5.35. The first-order valence-electron chi connectivity index (χ1n) is 6.74. The maximum atomic E-state index is 12.1. The molecule has 0 bridgehead atoms. The Balaban J connectivity index is 2.00. The van der Waals surface area contributed by atoms with Crippen molar-refractivity contribution in [2.45, 2.75) is 0 Å². The van der Waals surface area contributed by atoms with Crippen LogP contribution in [0.25, 0.3) is 22.9 Å². The molecule has 0 unspecified atom stereocenters. The Labute approximate surface area is 150 Å². The zero-order valence-corrected chi connectivity index (χ0v) is 15.4. The molecule has 0 aliphatic heterocycles. The SMILES string of the molecule is COC(=O)/C(=C\c1ccc(Br)s1)c1nc(-c2ccccc2)cs1. The van der Waals surface area contributed by atoms with Gasteiger partial charge in [-0.2, -0.15) is 0 Å². The number of methoxy groups -OCH3 is 1. The highest BCUT2D eigenvalue weighted by molar-refractivity contribution is 9.11. The lowest BCUT2D eigenvalue weighted by atomic mass is 10.2. The summed E-state index contributed by atoms with van der Waals surface area (Å²) in [7, 11) is 1.38. The first-order chi connectivity index (χ1) is 11.2. The van der Waals surface area contributed by atoms with Crippen LogP contribution in [0.1, 0.15) is 9.88 Å². The molecule has 3 aromatic rings. The minimum absolute atomic E-state index is 0.386.